The third kappa shape index (κ3) is 13.4. The standard InChI is InChI=1S/C46H65N11O8/c1-31(2)57-38-27-40(51-39-12-15-48-45(52-39)55-16-13-33(62-7)14-17-55)49-28-36(38)50-41(57)29-63-24-22-53-18-20-54(21-19-53)23-25-64-34-8-9-35(32(3)26-34)44(61)56(30-58)37(43(47)60)10-11-42(59)65-46(4,5)6/h8-9,12,15,26-28,30-31,33,37H,10-11,13-14,16-25,29H2,1-7H3,(H2,47,60)(H,48,49,51,52). The molecule has 19 nitrogen and oxygen atoms in total. The first kappa shape index (κ1) is 48.7. The molecule has 5 heterocycles. The number of nitrogens with one attached hydrogen (secondary N) is 1. The summed E-state index contributed by atoms with van der Waals surface area (Å²) in [7, 11) is 1.76. The van der Waals surface area contributed by atoms with Crippen molar-refractivity contribution >= 4 is 52.8 Å². The average molecular weight is 900 g/mol. The first-order chi connectivity index (χ1) is 31.1. The van der Waals surface area contributed by atoms with Gasteiger partial charge >= 0.3 is 5.97 Å². The van der Waals surface area contributed by atoms with Gasteiger partial charge in [0.05, 0.1) is 24.4 Å². The lowest BCUT2D eigenvalue weighted by Crippen LogP contribution is -2.48. The molecule has 2 fully saturated rings. The SMILES string of the molecule is COC1CCN(c2nccc(Nc3cc4c(cn3)nc(COCCN3CCN(CCOc5ccc(C(=O)N(C=O)C(CCC(=O)OC(C)(C)C)C(N)=O)c(C)c5)CC3)n4C(C)C)n2)CC1. The molecule has 4 aromatic rings. The van der Waals surface area contributed by atoms with Crippen LogP contribution in [0, 0.1) is 6.92 Å². The van der Waals surface area contributed by atoms with Gasteiger partial charge in [-0.1, -0.05) is 0 Å². The number of pyridine rings is 1. The third-order valence-electron chi connectivity index (χ3n) is 11.5. The van der Waals surface area contributed by atoms with Crippen LogP contribution in [0.4, 0.5) is 17.6 Å². The van der Waals surface area contributed by atoms with Crippen LogP contribution in [0.25, 0.3) is 11.0 Å². The summed E-state index contributed by atoms with van der Waals surface area (Å²) in [6, 6.07) is 7.65. The fourth-order valence-electron chi connectivity index (χ4n) is 8.11. The number of aromatic nitrogens is 5. The van der Waals surface area contributed by atoms with Gasteiger partial charge in [-0.3, -0.25) is 33.9 Å². The van der Waals surface area contributed by atoms with E-state index in [9.17, 15) is 19.2 Å². The molecule has 3 N–H and O–H groups in total. The number of piperazine rings is 1. The second-order valence-corrected chi connectivity index (χ2v) is 17.8. The molecule has 19 heteroatoms. The molecule has 1 unspecified atom stereocenters. The Morgan fingerprint density at radius 1 is 0.954 bits per heavy atom. The third-order valence-corrected chi connectivity index (χ3v) is 11.5. The quantitative estimate of drug-likeness (QED) is 0.0680. The highest BCUT2D eigenvalue weighted by Gasteiger charge is 2.31. The van der Waals surface area contributed by atoms with Gasteiger partial charge in [0, 0.05) is 89.8 Å². The number of carbonyl (C=O) groups excluding carboxylic acids is 4. The van der Waals surface area contributed by atoms with Crippen LogP contribution in [0.15, 0.2) is 42.7 Å². The Hall–Kier alpha value is -5.76. The minimum atomic E-state index is -1.31. The number of hydrogen-bond acceptors (Lipinski definition) is 16. The number of rotatable bonds is 21. The summed E-state index contributed by atoms with van der Waals surface area (Å²) in [4.78, 5) is 76.4. The summed E-state index contributed by atoms with van der Waals surface area (Å²) in [5.74, 6) is 1.33. The Kier molecular flexibility index (Phi) is 16.8. The zero-order valence-corrected chi connectivity index (χ0v) is 38.8. The highest BCUT2D eigenvalue weighted by atomic mass is 16.6. The van der Waals surface area contributed by atoms with Gasteiger partial charge in [-0.05, 0) is 90.6 Å². The van der Waals surface area contributed by atoms with E-state index < -0.39 is 29.4 Å². The Labute approximate surface area is 380 Å². The highest BCUT2D eigenvalue weighted by molar-refractivity contribution is 6.04. The number of amides is 3. The number of ether oxygens (including phenoxy) is 4. The number of carbonyl (C=O) groups is 4. The van der Waals surface area contributed by atoms with Crippen molar-refractivity contribution in [2.24, 2.45) is 5.73 Å². The van der Waals surface area contributed by atoms with E-state index in [2.05, 4.69) is 48.4 Å². The fraction of sp³-hybridized carbons (Fsp3) is 0.565. The van der Waals surface area contributed by atoms with Gasteiger partial charge in [0.15, 0.2) is 0 Å². The van der Waals surface area contributed by atoms with Gasteiger partial charge in [-0.15, -0.1) is 0 Å². The molecule has 65 heavy (non-hydrogen) atoms. The lowest BCUT2D eigenvalue weighted by atomic mass is 10.0. The van der Waals surface area contributed by atoms with Gasteiger partial charge < -0.3 is 39.5 Å². The average Bonchev–Trinajstić information content (AvgIpc) is 3.64. The second kappa shape index (κ2) is 22.4. The van der Waals surface area contributed by atoms with Crippen LogP contribution in [-0.2, 0) is 35.2 Å². The van der Waals surface area contributed by atoms with Crippen molar-refractivity contribution in [3.05, 3.63) is 59.7 Å². The van der Waals surface area contributed by atoms with Crippen LogP contribution in [-0.4, -0.2) is 154 Å². The number of aryl methyl sites for hydroxylation is 1. The van der Waals surface area contributed by atoms with Crippen LogP contribution in [0.1, 0.15) is 88.1 Å². The van der Waals surface area contributed by atoms with Gasteiger partial charge in [0.1, 0.15) is 53.6 Å². The zero-order chi connectivity index (χ0) is 46.7. The smallest absolute Gasteiger partial charge is 0.306 e. The molecule has 2 saturated heterocycles. The summed E-state index contributed by atoms with van der Waals surface area (Å²) >= 11 is 0. The van der Waals surface area contributed by atoms with E-state index in [1.165, 1.54) is 0 Å². The van der Waals surface area contributed by atoms with Gasteiger partial charge in [0.25, 0.3) is 5.91 Å². The molecule has 0 radical (unpaired) electrons. The van der Waals surface area contributed by atoms with E-state index >= 15 is 0 Å². The number of piperidine rings is 1. The lowest BCUT2D eigenvalue weighted by molar-refractivity contribution is -0.155. The van der Waals surface area contributed by atoms with Crippen molar-refractivity contribution < 1.29 is 38.1 Å². The first-order valence-electron chi connectivity index (χ1n) is 22.4. The molecule has 0 spiro atoms. The number of primary amides is 1. The van der Waals surface area contributed by atoms with Gasteiger partial charge in [0.2, 0.25) is 18.3 Å². The first-order valence-corrected chi connectivity index (χ1v) is 22.4. The topological polar surface area (TPSA) is 213 Å². The number of nitrogens with zero attached hydrogens (tertiary/aromatic N) is 9. The number of nitrogens with two attached hydrogens (primary N) is 1. The monoisotopic (exact) mass is 900 g/mol. The number of anilines is 3. The van der Waals surface area contributed by atoms with E-state index in [0.29, 0.717) is 48.7 Å². The molecule has 3 aromatic heterocycles. The molecular weight excluding hydrogens is 835 g/mol. The zero-order valence-electron chi connectivity index (χ0n) is 38.8. The number of imidazole rings is 1. The number of fused-ring (bicyclic) bond motifs is 1. The highest BCUT2D eigenvalue weighted by Crippen LogP contribution is 2.26. The van der Waals surface area contributed by atoms with Crippen LogP contribution >= 0.6 is 0 Å². The molecular formula is C46H65N11O8. The molecule has 0 bridgehead atoms. The van der Waals surface area contributed by atoms with Gasteiger partial charge in [-0.25, -0.2) is 15.0 Å². The number of esters is 1. The van der Waals surface area contributed by atoms with Crippen molar-refractivity contribution in [3.8, 4) is 5.75 Å². The van der Waals surface area contributed by atoms with Crippen molar-refractivity contribution in [2.75, 3.05) is 82.9 Å². The number of methoxy groups -OCH3 is 1. The van der Waals surface area contributed by atoms with Crippen molar-refractivity contribution in [1.29, 1.82) is 0 Å². The maximum absolute atomic E-state index is 13.4. The summed E-state index contributed by atoms with van der Waals surface area (Å²) in [6.45, 7) is 19.4. The normalized spacial score (nSPS) is 15.8. The maximum atomic E-state index is 13.4. The summed E-state index contributed by atoms with van der Waals surface area (Å²) in [5.41, 5.74) is 7.39. The molecule has 1 aromatic carbocycles. The Morgan fingerprint density at radius 3 is 2.29 bits per heavy atom. The molecule has 3 amide bonds. The van der Waals surface area contributed by atoms with Crippen LogP contribution in [0.2, 0.25) is 0 Å². The van der Waals surface area contributed by atoms with E-state index in [0.717, 1.165) is 87.0 Å². The van der Waals surface area contributed by atoms with Crippen LogP contribution < -0.4 is 20.7 Å². The fourth-order valence-corrected chi connectivity index (χ4v) is 8.11. The molecule has 352 valence electrons. The number of hydrogen-bond donors (Lipinski definition) is 2. The van der Waals surface area contributed by atoms with E-state index in [-0.39, 0.29) is 37.0 Å². The minimum absolute atomic E-state index is 0.150. The van der Waals surface area contributed by atoms with Gasteiger partial charge in [-0.2, -0.15) is 4.98 Å². The largest absolute Gasteiger partial charge is 0.492 e. The van der Waals surface area contributed by atoms with Crippen molar-refractivity contribution in [1.82, 2.24) is 39.2 Å². The maximum Gasteiger partial charge on any atom is 0.306 e. The molecule has 0 aliphatic carbocycles. The Morgan fingerprint density at radius 2 is 1.66 bits per heavy atom. The Bertz CT molecular complexity index is 2250. The van der Waals surface area contributed by atoms with E-state index in [1.54, 1.807) is 65.4 Å². The predicted octanol–water partition coefficient (Wildman–Crippen LogP) is 4.26. The molecule has 1 atom stereocenters. The molecule has 6 rings (SSSR count). The molecule has 0 saturated carbocycles. The van der Waals surface area contributed by atoms with E-state index in [1.807, 2.05) is 12.1 Å². The number of benzene rings is 1. The summed E-state index contributed by atoms with van der Waals surface area (Å²) in [5, 5.41) is 3.36. The number of imide groups is 1. The summed E-state index contributed by atoms with van der Waals surface area (Å²) in [6.07, 6.45) is 5.67. The van der Waals surface area contributed by atoms with Crippen LogP contribution in [0.5, 0.6) is 5.75 Å². The Balaban J connectivity index is 0.921. The molecule has 2 aliphatic heterocycles. The minimum Gasteiger partial charge on any atom is -0.492 e. The second-order valence-electron chi connectivity index (χ2n) is 17.8. The lowest BCUT2D eigenvalue weighted by Gasteiger charge is -2.34. The molecule has 2 aliphatic rings. The van der Waals surface area contributed by atoms with Crippen molar-refractivity contribution in [3.63, 3.8) is 0 Å². The predicted molar refractivity (Wildman–Crippen MR) is 245 cm³/mol. The van der Waals surface area contributed by atoms with Crippen LogP contribution in [0.3, 0.4) is 0 Å². The van der Waals surface area contributed by atoms with Crippen molar-refractivity contribution in [2.45, 2.75) is 97.6 Å². The summed E-state index contributed by atoms with van der Waals surface area (Å²) < 4.78 is 25.2. The van der Waals surface area contributed by atoms with E-state index in [4.69, 9.17) is 34.6 Å².